The monoisotopic (exact) mass is 464 g/mol. The molecule has 1 aromatic rings. The summed E-state index contributed by atoms with van der Waals surface area (Å²) in [5, 5.41) is 3.14. The van der Waals surface area contributed by atoms with Crippen molar-refractivity contribution in [3.63, 3.8) is 0 Å². The minimum absolute atomic E-state index is 0. The number of aliphatic imine (C=N–C) groups is 1. The summed E-state index contributed by atoms with van der Waals surface area (Å²) < 4.78 is 0. The van der Waals surface area contributed by atoms with Gasteiger partial charge in [0.25, 0.3) is 0 Å². The molecule has 1 aliphatic heterocycles. The second kappa shape index (κ2) is 9.76. The number of rotatable bonds is 5. The quantitative estimate of drug-likeness (QED) is 0.411. The van der Waals surface area contributed by atoms with Crippen LogP contribution in [0.5, 0.6) is 0 Å². The molecule has 2 fully saturated rings. The van der Waals surface area contributed by atoms with E-state index in [0.717, 1.165) is 50.4 Å². The molecule has 0 unspecified atom stereocenters. The standard InChI is InChI=1S/C16H28N6S.HI/c1-20(14-4-2-3-5-14)8-6-18-15(17)21-9-11-22(12-10-21)16-19-7-13-23-16;/h7,13-14H,2-6,8-12H2,1H3,(H2,17,18);1H. The highest BCUT2D eigenvalue weighted by molar-refractivity contribution is 14.0. The van der Waals surface area contributed by atoms with Crippen molar-refractivity contribution in [3.05, 3.63) is 11.6 Å². The normalized spacial score (nSPS) is 19.8. The Hall–Kier alpha value is -0.610. The smallest absolute Gasteiger partial charge is 0.191 e. The number of aromatic nitrogens is 1. The van der Waals surface area contributed by atoms with Crippen LogP contribution in [0.25, 0.3) is 0 Å². The molecule has 3 rings (SSSR count). The number of likely N-dealkylation sites (N-methyl/N-ethyl adjacent to an activating group) is 1. The van der Waals surface area contributed by atoms with Gasteiger partial charge < -0.3 is 20.4 Å². The predicted molar refractivity (Wildman–Crippen MR) is 113 cm³/mol. The third-order valence-corrected chi connectivity index (χ3v) is 5.80. The molecule has 2 aliphatic rings. The van der Waals surface area contributed by atoms with Crippen LogP contribution in [-0.4, -0.2) is 73.1 Å². The number of guanidine groups is 1. The summed E-state index contributed by atoms with van der Waals surface area (Å²) in [6, 6.07) is 0.758. The first-order valence-corrected chi connectivity index (χ1v) is 9.51. The van der Waals surface area contributed by atoms with E-state index in [1.165, 1.54) is 25.7 Å². The fraction of sp³-hybridized carbons (Fsp3) is 0.750. The van der Waals surface area contributed by atoms with E-state index in [9.17, 15) is 0 Å². The van der Waals surface area contributed by atoms with Crippen LogP contribution in [0.4, 0.5) is 5.13 Å². The third-order valence-electron chi connectivity index (χ3n) is 4.97. The molecule has 2 heterocycles. The summed E-state index contributed by atoms with van der Waals surface area (Å²) in [6.07, 6.45) is 7.31. The van der Waals surface area contributed by atoms with Gasteiger partial charge in [0.1, 0.15) is 0 Å². The Morgan fingerprint density at radius 1 is 1.33 bits per heavy atom. The van der Waals surface area contributed by atoms with Gasteiger partial charge in [0.05, 0.1) is 6.54 Å². The maximum atomic E-state index is 6.18. The largest absolute Gasteiger partial charge is 0.370 e. The zero-order chi connectivity index (χ0) is 16.1. The van der Waals surface area contributed by atoms with Crippen molar-refractivity contribution >= 4 is 46.4 Å². The minimum Gasteiger partial charge on any atom is -0.370 e. The van der Waals surface area contributed by atoms with Gasteiger partial charge in [0.15, 0.2) is 11.1 Å². The maximum Gasteiger partial charge on any atom is 0.191 e. The second-order valence-electron chi connectivity index (χ2n) is 6.45. The van der Waals surface area contributed by atoms with E-state index in [1.54, 1.807) is 11.3 Å². The Morgan fingerprint density at radius 3 is 2.67 bits per heavy atom. The highest BCUT2D eigenvalue weighted by Gasteiger charge is 2.21. The van der Waals surface area contributed by atoms with Crippen molar-refractivity contribution in [1.82, 2.24) is 14.8 Å². The molecule has 0 amide bonds. The SMILES string of the molecule is CN(CCN=C(N)N1CCN(c2nccs2)CC1)C1CCCC1.I. The van der Waals surface area contributed by atoms with E-state index in [2.05, 4.69) is 31.7 Å². The summed E-state index contributed by atoms with van der Waals surface area (Å²) in [5.74, 6) is 0.698. The molecule has 1 saturated carbocycles. The zero-order valence-electron chi connectivity index (χ0n) is 14.4. The molecule has 24 heavy (non-hydrogen) atoms. The molecule has 0 spiro atoms. The number of thiazole rings is 1. The number of piperazine rings is 1. The summed E-state index contributed by atoms with van der Waals surface area (Å²) in [7, 11) is 2.22. The molecule has 136 valence electrons. The predicted octanol–water partition coefficient (Wildman–Crippen LogP) is 2.07. The lowest BCUT2D eigenvalue weighted by Gasteiger charge is -2.35. The van der Waals surface area contributed by atoms with Crippen molar-refractivity contribution in [2.75, 3.05) is 51.2 Å². The maximum absolute atomic E-state index is 6.18. The average molecular weight is 464 g/mol. The van der Waals surface area contributed by atoms with Crippen LogP contribution in [0.2, 0.25) is 0 Å². The molecule has 1 saturated heterocycles. The molecule has 8 heteroatoms. The second-order valence-corrected chi connectivity index (χ2v) is 7.32. The molecule has 0 bridgehead atoms. The summed E-state index contributed by atoms with van der Waals surface area (Å²) in [4.78, 5) is 15.9. The first-order valence-electron chi connectivity index (χ1n) is 8.63. The van der Waals surface area contributed by atoms with Crippen LogP contribution in [-0.2, 0) is 0 Å². The Balaban J connectivity index is 0.00000208. The number of anilines is 1. The first-order chi connectivity index (χ1) is 11.2. The molecule has 6 nitrogen and oxygen atoms in total. The van der Waals surface area contributed by atoms with Gasteiger partial charge >= 0.3 is 0 Å². The number of nitrogens with zero attached hydrogens (tertiary/aromatic N) is 5. The number of halogens is 1. The van der Waals surface area contributed by atoms with Crippen LogP contribution in [0.1, 0.15) is 25.7 Å². The molecule has 1 aromatic heterocycles. The van der Waals surface area contributed by atoms with E-state index in [4.69, 9.17) is 5.73 Å². The fourth-order valence-electron chi connectivity index (χ4n) is 3.45. The van der Waals surface area contributed by atoms with Crippen LogP contribution in [0, 0.1) is 0 Å². The van der Waals surface area contributed by atoms with Gasteiger partial charge in [-0.15, -0.1) is 35.3 Å². The fourth-order valence-corrected chi connectivity index (χ4v) is 4.15. The van der Waals surface area contributed by atoms with E-state index in [0.29, 0.717) is 5.96 Å². The number of nitrogens with two attached hydrogens (primary N) is 1. The molecular weight excluding hydrogens is 435 g/mol. The van der Waals surface area contributed by atoms with Gasteiger partial charge in [-0.3, -0.25) is 4.99 Å². The van der Waals surface area contributed by atoms with Crippen LogP contribution < -0.4 is 10.6 Å². The van der Waals surface area contributed by atoms with Crippen molar-refractivity contribution in [2.45, 2.75) is 31.7 Å². The lowest BCUT2D eigenvalue weighted by atomic mass is 10.2. The van der Waals surface area contributed by atoms with Gasteiger partial charge in [-0.1, -0.05) is 12.8 Å². The molecular formula is C16H29IN6S. The molecule has 0 radical (unpaired) electrons. The average Bonchev–Trinajstić information content (AvgIpc) is 3.28. The van der Waals surface area contributed by atoms with Crippen LogP contribution in [0.15, 0.2) is 16.6 Å². The Bertz CT molecular complexity index is 495. The minimum atomic E-state index is 0. The van der Waals surface area contributed by atoms with Crippen molar-refractivity contribution in [2.24, 2.45) is 10.7 Å². The lowest BCUT2D eigenvalue weighted by Crippen LogP contribution is -2.51. The summed E-state index contributed by atoms with van der Waals surface area (Å²) >= 11 is 1.70. The Kier molecular flexibility index (Phi) is 8.02. The van der Waals surface area contributed by atoms with Gasteiger partial charge in [-0.05, 0) is 19.9 Å². The lowest BCUT2D eigenvalue weighted by molar-refractivity contribution is 0.252. The molecule has 2 N–H and O–H groups in total. The summed E-state index contributed by atoms with van der Waals surface area (Å²) in [6.45, 7) is 5.58. The van der Waals surface area contributed by atoms with Gasteiger partial charge in [0.2, 0.25) is 0 Å². The van der Waals surface area contributed by atoms with E-state index >= 15 is 0 Å². The first kappa shape index (κ1) is 19.7. The van der Waals surface area contributed by atoms with Crippen LogP contribution >= 0.6 is 35.3 Å². The Labute approximate surface area is 166 Å². The molecule has 1 aliphatic carbocycles. The number of hydrogen-bond donors (Lipinski definition) is 1. The van der Waals surface area contributed by atoms with E-state index < -0.39 is 0 Å². The van der Waals surface area contributed by atoms with Gasteiger partial charge in [-0.2, -0.15) is 0 Å². The Morgan fingerprint density at radius 2 is 2.04 bits per heavy atom. The van der Waals surface area contributed by atoms with Gasteiger partial charge in [0, 0.05) is 50.3 Å². The van der Waals surface area contributed by atoms with Crippen molar-refractivity contribution in [1.29, 1.82) is 0 Å². The van der Waals surface area contributed by atoms with Gasteiger partial charge in [-0.25, -0.2) is 4.98 Å². The van der Waals surface area contributed by atoms with E-state index in [-0.39, 0.29) is 24.0 Å². The highest BCUT2D eigenvalue weighted by Crippen LogP contribution is 2.22. The zero-order valence-corrected chi connectivity index (χ0v) is 17.6. The third kappa shape index (κ3) is 5.19. The van der Waals surface area contributed by atoms with Crippen LogP contribution in [0.3, 0.4) is 0 Å². The summed E-state index contributed by atoms with van der Waals surface area (Å²) in [5.41, 5.74) is 6.18. The van der Waals surface area contributed by atoms with Crippen molar-refractivity contribution < 1.29 is 0 Å². The van der Waals surface area contributed by atoms with Crippen molar-refractivity contribution in [3.8, 4) is 0 Å². The molecule has 0 atom stereocenters. The highest BCUT2D eigenvalue weighted by atomic mass is 127. The number of hydrogen-bond acceptors (Lipinski definition) is 5. The topological polar surface area (TPSA) is 61.0 Å². The molecule has 0 aromatic carbocycles. The van der Waals surface area contributed by atoms with E-state index in [1.807, 2.05) is 11.6 Å².